The zero-order chi connectivity index (χ0) is 15.5. The molecule has 0 atom stereocenters. The van der Waals surface area contributed by atoms with Crippen molar-refractivity contribution in [3.63, 3.8) is 0 Å². The van der Waals surface area contributed by atoms with Gasteiger partial charge in [0.15, 0.2) is 0 Å². The van der Waals surface area contributed by atoms with E-state index in [1.54, 1.807) is 0 Å². The summed E-state index contributed by atoms with van der Waals surface area (Å²) in [5, 5.41) is 3.08. The van der Waals surface area contributed by atoms with Gasteiger partial charge in [0.25, 0.3) is 10.0 Å². The summed E-state index contributed by atoms with van der Waals surface area (Å²) < 4.78 is 40.9. The minimum Gasteiger partial charge on any atom is -0.363 e. The van der Waals surface area contributed by atoms with Gasteiger partial charge in [-0.15, -0.1) is 0 Å². The van der Waals surface area contributed by atoms with Gasteiger partial charge in [-0.2, -0.15) is 0 Å². The lowest BCUT2D eigenvalue weighted by molar-refractivity contribution is 0.598. The van der Waals surface area contributed by atoms with E-state index in [1.165, 1.54) is 30.5 Å². The second kappa shape index (κ2) is 6.59. The van der Waals surface area contributed by atoms with Gasteiger partial charge in [0.2, 0.25) is 0 Å². The highest BCUT2D eigenvalue weighted by Gasteiger charge is 2.18. The Morgan fingerprint density at radius 1 is 1.33 bits per heavy atom. The lowest BCUT2D eigenvalue weighted by atomic mass is 10.3. The fourth-order valence-electron chi connectivity index (χ4n) is 1.72. The van der Waals surface area contributed by atoms with Crippen LogP contribution in [0, 0.1) is 5.82 Å². The summed E-state index contributed by atoms with van der Waals surface area (Å²) >= 11 is 3.18. The standard InChI is InChI=1S/C13H15BrFN3O2S/c1-2-16-7-10-6-11(8-17-10)21(19,20)18-13-5-9(14)3-4-12(13)15/h3-6,8,16-18H,2,7H2,1H3. The molecule has 2 aromatic rings. The quantitative estimate of drug-likeness (QED) is 0.726. The van der Waals surface area contributed by atoms with Crippen LogP contribution in [-0.4, -0.2) is 19.9 Å². The number of aromatic amines is 1. The van der Waals surface area contributed by atoms with Crippen molar-refractivity contribution in [2.75, 3.05) is 11.3 Å². The van der Waals surface area contributed by atoms with Gasteiger partial charge < -0.3 is 10.3 Å². The van der Waals surface area contributed by atoms with E-state index in [2.05, 4.69) is 31.0 Å². The highest BCUT2D eigenvalue weighted by atomic mass is 79.9. The molecular formula is C13H15BrFN3O2S. The zero-order valence-electron chi connectivity index (χ0n) is 11.3. The first-order valence-corrected chi connectivity index (χ1v) is 8.56. The van der Waals surface area contributed by atoms with Crippen molar-refractivity contribution >= 4 is 31.6 Å². The lowest BCUT2D eigenvalue weighted by Gasteiger charge is -2.07. The Kier molecular flexibility index (Phi) is 5.02. The number of sulfonamides is 1. The average molecular weight is 376 g/mol. The van der Waals surface area contributed by atoms with Gasteiger partial charge in [-0.1, -0.05) is 22.9 Å². The van der Waals surface area contributed by atoms with Crippen LogP contribution in [0.4, 0.5) is 10.1 Å². The maximum absolute atomic E-state index is 13.6. The largest absolute Gasteiger partial charge is 0.363 e. The van der Waals surface area contributed by atoms with Crippen molar-refractivity contribution in [1.82, 2.24) is 10.3 Å². The fraction of sp³-hybridized carbons (Fsp3) is 0.231. The van der Waals surface area contributed by atoms with Crippen molar-refractivity contribution in [1.29, 1.82) is 0 Å². The summed E-state index contributed by atoms with van der Waals surface area (Å²) in [4.78, 5) is 2.94. The van der Waals surface area contributed by atoms with E-state index in [1.807, 2.05) is 6.92 Å². The van der Waals surface area contributed by atoms with E-state index in [0.29, 0.717) is 11.0 Å². The lowest BCUT2D eigenvalue weighted by Crippen LogP contribution is -2.13. The number of benzene rings is 1. The molecule has 21 heavy (non-hydrogen) atoms. The molecule has 0 fully saturated rings. The molecule has 0 amide bonds. The highest BCUT2D eigenvalue weighted by molar-refractivity contribution is 9.10. The first-order chi connectivity index (χ1) is 9.92. The number of H-pyrrole nitrogens is 1. The monoisotopic (exact) mass is 375 g/mol. The maximum Gasteiger partial charge on any atom is 0.263 e. The number of nitrogens with one attached hydrogen (secondary N) is 3. The van der Waals surface area contributed by atoms with E-state index in [-0.39, 0.29) is 10.6 Å². The molecule has 3 N–H and O–H groups in total. The van der Waals surface area contributed by atoms with Crippen molar-refractivity contribution in [2.24, 2.45) is 0 Å². The van der Waals surface area contributed by atoms with Gasteiger partial charge in [0, 0.05) is 22.9 Å². The SMILES string of the molecule is CCNCc1cc(S(=O)(=O)Nc2cc(Br)ccc2F)c[nH]1. The third-order valence-electron chi connectivity index (χ3n) is 2.76. The van der Waals surface area contributed by atoms with Crippen LogP contribution >= 0.6 is 15.9 Å². The van der Waals surface area contributed by atoms with E-state index in [4.69, 9.17) is 0 Å². The van der Waals surface area contributed by atoms with Crippen LogP contribution in [-0.2, 0) is 16.6 Å². The Balaban J connectivity index is 2.22. The van der Waals surface area contributed by atoms with Crippen molar-refractivity contribution in [3.8, 4) is 0 Å². The molecule has 1 heterocycles. The third-order valence-corrected chi connectivity index (χ3v) is 4.60. The summed E-state index contributed by atoms with van der Waals surface area (Å²) in [5.41, 5.74) is 0.644. The molecule has 0 saturated carbocycles. The molecule has 114 valence electrons. The first-order valence-electron chi connectivity index (χ1n) is 6.28. The van der Waals surface area contributed by atoms with Crippen LogP contribution < -0.4 is 10.0 Å². The van der Waals surface area contributed by atoms with Gasteiger partial charge in [-0.25, -0.2) is 12.8 Å². The Morgan fingerprint density at radius 3 is 2.81 bits per heavy atom. The van der Waals surface area contributed by atoms with Crippen molar-refractivity contribution in [3.05, 3.63) is 46.4 Å². The molecule has 1 aromatic carbocycles. The second-order valence-electron chi connectivity index (χ2n) is 4.37. The van der Waals surface area contributed by atoms with Crippen LogP contribution in [0.1, 0.15) is 12.6 Å². The summed E-state index contributed by atoms with van der Waals surface area (Å²) in [5.74, 6) is -0.634. The number of aromatic nitrogens is 1. The van der Waals surface area contributed by atoms with Gasteiger partial charge in [-0.05, 0) is 30.8 Å². The Bertz CT molecular complexity index is 731. The molecule has 0 aliphatic rings. The molecule has 0 bridgehead atoms. The highest BCUT2D eigenvalue weighted by Crippen LogP contribution is 2.23. The predicted octanol–water partition coefficient (Wildman–Crippen LogP) is 2.83. The molecule has 0 spiro atoms. The fourth-order valence-corrected chi connectivity index (χ4v) is 3.15. The summed E-state index contributed by atoms with van der Waals surface area (Å²) in [6.45, 7) is 3.28. The number of anilines is 1. The molecular weight excluding hydrogens is 361 g/mol. The van der Waals surface area contributed by atoms with Crippen LogP contribution in [0.5, 0.6) is 0 Å². The van der Waals surface area contributed by atoms with Crippen molar-refractivity contribution < 1.29 is 12.8 Å². The third kappa shape index (κ3) is 4.05. The summed E-state index contributed by atoms with van der Waals surface area (Å²) in [6, 6.07) is 5.58. The molecule has 1 aromatic heterocycles. The number of halogens is 2. The normalized spacial score (nSPS) is 11.6. The van der Waals surface area contributed by atoms with Gasteiger partial charge >= 0.3 is 0 Å². The average Bonchev–Trinajstić information content (AvgIpc) is 2.90. The topological polar surface area (TPSA) is 74.0 Å². The second-order valence-corrected chi connectivity index (χ2v) is 6.97. The molecule has 0 radical (unpaired) electrons. The minimum atomic E-state index is -3.83. The molecule has 0 aliphatic carbocycles. The Hall–Kier alpha value is -1.38. The molecule has 5 nitrogen and oxygen atoms in total. The predicted molar refractivity (Wildman–Crippen MR) is 83.1 cm³/mol. The Labute approximate surface area is 131 Å². The van der Waals surface area contributed by atoms with Crippen LogP contribution in [0.15, 0.2) is 39.8 Å². The Morgan fingerprint density at radius 2 is 2.10 bits per heavy atom. The van der Waals surface area contributed by atoms with Crippen LogP contribution in [0.2, 0.25) is 0 Å². The van der Waals surface area contributed by atoms with E-state index in [0.717, 1.165) is 12.2 Å². The first kappa shape index (κ1) is 16.0. The van der Waals surface area contributed by atoms with Crippen LogP contribution in [0.3, 0.4) is 0 Å². The van der Waals surface area contributed by atoms with E-state index in [9.17, 15) is 12.8 Å². The number of hydrogen-bond donors (Lipinski definition) is 3. The van der Waals surface area contributed by atoms with Gasteiger partial charge in [-0.3, -0.25) is 4.72 Å². The molecule has 0 aliphatic heterocycles. The van der Waals surface area contributed by atoms with Gasteiger partial charge in [0.1, 0.15) is 10.7 Å². The maximum atomic E-state index is 13.6. The number of rotatable bonds is 6. The molecule has 0 unspecified atom stereocenters. The zero-order valence-corrected chi connectivity index (χ0v) is 13.7. The van der Waals surface area contributed by atoms with E-state index < -0.39 is 15.8 Å². The van der Waals surface area contributed by atoms with Crippen LogP contribution in [0.25, 0.3) is 0 Å². The smallest absolute Gasteiger partial charge is 0.263 e. The number of hydrogen-bond acceptors (Lipinski definition) is 3. The summed E-state index contributed by atoms with van der Waals surface area (Å²) in [6.07, 6.45) is 1.38. The van der Waals surface area contributed by atoms with Crippen molar-refractivity contribution in [2.45, 2.75) is 18.4 Å². The summed E-state index contributed by atoms with van der Waals surface area (Å²) in [7, 11) is -3.83. The van der Waals surface area contributed by atoms with Gasteiger partial charge in [0.05, 0.1) is 5.69 Å². The van der Waals surface area contributed by atoms with E-state index >= 15 is 0 Å². The minimum absolute atomic E-state index is 0.0646. The molecule has 0 saturated heterocycles. The molecule has 2 rings (SSSR count). The molecule has 8 heteroatoms.